The standard InChI is InChI=1S/C15H11BrCl2O3/c1-8-5-9(16)6-10(15(19)20)14(8)21-7-11-12(17)3-2-4-13(11)18/h2-6H,7H2,1H3,(H,19,20). The van der Waals surface area contributed by atoms with Gasteiger partial charge in [0.25, 0.3) is 0 Å². The fourth-order valence-electron chi connectivity index (χ4n) is 1.89. The summed E-state index contributed by atoms with van der Waals surface area (Å²) in [5, 5.41) is 10.2. The molecule has 0 aromatic heterocycles. The Bertz CT molecular complexity index is 681. The van der Waals surface area contributed by atoms with Gasteiger partial charge in [0.1, 0.15) is 17.9 Å². The minimum absolute atomic E-state index is 0.0880. The second-order valence-corrected chi connectivity index (χ2v) is 6.12. The quantitative estimate of drug-likeness (QED) is 0.767. The number of ether oxygens (including phenoxy) is 1. The second kappa shape index (κ2) is 6.69. The molecule has 0 amide bonds. The van der Waals surface area contributed by atoms with Crippen molar-refractivity contribution in [3.8, 4) is 5.75 Å². The number of rotatable bonds is 4. The minimum atomic E-state index is -1.06. The van der Waals surface area contributed by atoms with E-state index in [1.165, 1.54) is 6.07 Å². The summed E-state index contributed by atoms with van der Waals surface area (Å²) in [5.74, 6) is -0.749. The van der Waals surface area contributed by atoms with Crippen molar-refractivity contribution in [3.63, 3.8) is 0 Å². The predicted octanol–water partition coefficient (Wildman–Crippen LogP) is 5.34. The predicted molar refractivity (Wildman–Crippen MR) is 86.6 cm³/mol. The Labute approximate surface area is 140 Å². The highest BCUT2D eigenvalue weighted by molar-refractivity contribution is 9.10. The Morgan fingerprint density at radius 3 is 2.48 bits per heavy atom. The lowest BCUT2D eigenvalue weighted by molar-refractivity contribution is 0.0691. The topological polar surface area (TPSA) is 46.5 Å². The maximum atomic E-state index is 11.3. The summed E-state index contributed by atoms with van der Waals surface area (Å²) in [4.78, 5) is 11.3. The first-order valence-electron chi connectivity index (χ1n) is 5.99. The smallest absolute Gasteiger partial charge is 0.339 e. The lowest BCUT2D eigenvalue weighted by atomic mass is 10.1. The number of carboxylic acids is 1. The monoisotopic (exact) mass is 388 g/mol. The van der Waals surface area contributed by atoms with Gasteiger partial charge in [0.2, 0.25) is 0 Å². The molecule has 2 aromatic rings. The van der Waals surface area contributed by atoms with Crippen LogP contribution in [-0.4, -0.2) is 11.1 Å². The Morgan fingerprint density at radius 1 is 1.29 bits per heavy atom. The van der Waals surface area contributed by atoms with E-state index >= 15 is 0 Å². The lowest BCUT2D eigenvalue weighted by Crippen LogP contribution is -2.06. The Morgan fingerprint density at radius 2 is 1.90 bits per heavy atom. The molecule has 21 heavy (non-hydrogen) atoms. The number of aromatic carboxylic acids is 1. The van der Waals surface area contributed by atoms with Crippen LogP contribution in [0.15, 0.2) is 34.8 Å². The molecule has 0 saturated heterocycles. The molecule has 0 radical (unpaired) electrons. The number of hydrogen-bond acceptors (Lipinski definition) is 2. The normalized spacial score (nSPS) is 10.5. The Kier molecular flexibility index (Phi) is 5.14. The summed E-state index contributed by atoms with van der Waals surface area (Å²) in [5.41, 5.74) is 1.43. The van der Waals surface area contributed by atoms with Crippen molar-refractivity contribution >= 4 is 45.1 Å². The average molecular weight is 390 g/mol. The van der Waals surface area contributed by atoms with Gasteiger partial charge < -0.3 is 9.84 Å². The molecular formula is C15H11BrCl2O3. The molecule has 2 rings (SSSR count). The number of carbonyl (C=O) groups is 1. The molecular weight excluding hydrogens is 379 g/mol. The van der Waals surface area contributed by atoms with E-state index in [0.717, 1.165) is 0 Å². The van der Waals surface area contributed by atoms with Gasteiger partial charge in [-0.1, -0.05) is 45.2 Å². The number of halogens is 3. The van der Waals surface area contributed by atoms with Gasteiger partial charge in [0.05, 0.1) is 0 Å². The van der Waals surface area contributed by atoms with Gasteiger partial charge >= 0.3 is 5.97 Å². The van der Waals surface area contributed by atoms with Crippen LogP contribution in [0.25, 0.3) is 0 Å². The highest BCUT2D eigenvalue weighted by atomic mass is 79.9. The third-order valence-electron chi connectivity index (χ3n) is 2.89. The van der Waals surface area contributed by atoms with E-state index in [9.17, 15) is 9.90 Å². The third-order valence-corrected chi connectivity index (χ3v) is 4.06. The Balaban J connectivity index is 2.34. The first-order chi connectivity index (χ1) is 9.90. The number of carboxylic acid groups (broad SMARTS) is 1. The van der Waals surface area contributed by atoms with E-state index in [-0.39, 0.29) is 12.2 Å². The average Bonchev–Trinajstić information content (AvgIpc) is 2.39. The van der Waals surface area contributed by atoms with Crippen molar-refractivity contribution in [2.75, 3.05) is 0 Å². The zero-order valence-corrected chi connectivity index (χ0v) is 14.1. The van der Waals surface area contributed by atoms with Crippen LogP contribution >= 0.6 is 39.1 Å². The van der Waals surface area contributed by atoms with Gasteiger partial charge in [-0.05, 0) is 36.8 Å². The van der Waals surface area contributed by atoms with Crippen LogP contribution in [0.5, 0.6) is 5.75 Å². The zero-order valence-electron chi connectivity index (χ0n) is 11.0. The van der Waals surface area contributed by atoms with E-state index in [4.69, 9.17) is 27.9 Å². The van der Waals surface area contributed by atoms with Crippen LogP contribution in [-0.2, 0) is 6.61 Å². The second-order valence-electron chi connectivity index (χ2n) is 4.39. The van der Waals surface area contributed by atoms with E-state index in [1.807, 2.05) is 0 Å². The highest BCUT2D eigenvalue weighted by Crippen LogP contribution is 2.31. The maximum absolute atomic E-state index is 11.3. The largest absolute Gasteiger partial charge is 0.488 e. The summed E-state index contributed by atoms with van der Waals surface area (Å²) in [6.45, 7) is 1.88. The van der Waals surface area contributed by atoms with Gasteiger partial charge in [-0.25, -0.2) is 4.79 Å². The molecule has 0 spiro atoms. The van der Waals surface area contributed by atoms with Crippen molar-refractivity contribution in [2.45, 2.75) is 13.5 Å². The molecule has 0 saturated carbocycles. The summed E-state index contributed by atoms with van der Waals surface area (Å²) < 4.78 is 6.34. The Hall–Kier alpha value is -1.23. The van der Waals surface area contributed by atoms with Crippen molar-refractivity contribution in [2.24, 2.45) is 0 Å². The van der Waals surface area contributed by atoms with Crippen molar-refractivity contribution in [1.29, 1.82) is 0 Å². The summed E-state index contributed by atoms with van der Waals surface area (Å²) >= 11 is 15.4. The summed E-state index contributed by atoms with van der Waals surface area (Å²) in [6.07, 6.45) is 0. The van der Waals surface area contributed by atoms with Crippen molar-refractivity contribution < 1.29 is 14.6 Å². The molecule has 0 bridgehead atoms. The molecule has 0 heterocycles. The van der Waals surface area contributed by atoms with Crippen LogP contribution < -0.4 is 4.74 Å². The fourth-order valence-corrected chi connectivity index (χ4v) is 2.97. The van der Waals surface area contributed by atoms with Crippen LogP contribution in [0, 0.1) is 6.92 Å². The number of hydrogen-bond donors (Lipinski definition) is 1. The van der Waals surface area contributed by atoms with Gasteiger partial charge in [-0.15, -0.1) is 0 Å². The molecule has 0 fully saturated rings. The molecule has 3 nitrogen and oxygen atoms in total. The van der Waals surface area contributed by atoms with Crippen LogP contribution in [0.1, 0.15) is 21.5 Å². The SMILES string of the molecule is Cc1cc(Br)cc(C(=O)O)c1OCc1c(Cl)cccc1Cl. The molecule has 0 aliphatic rings. The molecule has 2 aromatic carbocycles. The van der Waals surface area contributed by atoms with Gasteiger partial charge in [-0.2, -0.15) is 0 Å². The summed E-state index contributed by atoms with van der Waals surface area (Å²) in [7, 11) is 0. The van der Waals surface area contributed by atoms with E-state index in [1.54, 1.807) is 31.2 Å². The van der Waals surface area contributed by atoms with Crippen molar-refractivity contribution in [3.05, 3.63) is 61.5 Å². The first-order valence-corrected chi connectivity index (χ1v) is 7.54. The maximum Gasteiger partial charge on any atom is 0.339 e. The minimum Gasteiger partial charge on any atom is -0.488 e. The fraction of sp³-hybridized carbons (Fsp3) is 0.133. The zero-order chi connectivity index (χ0) is 15.6. The van der Waals surface area contributed by atoms with E-state index < -0.39 is 5.97 Å². The molecule has 1 N–H and O–H groups in total. The van der Waals surface area contributed by atoms with Gasteiger partial charge in [-0.3, -0.25) is 0 Å². The molecule has 0 aliphatic heterocycles. The third kappa shape index (κ3) is 3.70. The van der Waals surface area contributed by atoms with E-state index in [2.05, 4.69) is 15.9 Å². The van der Waals surface area contributed by atoms with Crippen LogP contribution in [0.4, 0.5) is 0 Å². The first kappa shape index (κ1) is 16.1. The van der Waals surface area contributed by atoms with Crippen LogP contribution in [0.3, 0.4) is 0 Å². The molecule has 0 atom stereocenters. The lowest BCUT2D eigenvalue weighted by Gasteiger charge is -2.14. The molecule has 110 valence electrons. The van der Waals surface area contributed by atoms with Gasteiger partial charge in [0.15, 0.2) is 0 Å². The van der Waals surface area contributed by atoms with Gasteiger partial charge in [0, 0.05) is 20.1 Å². The number of aryl methyl sites for hydroxylation is 1. The highest BCUT2D eigenvalue weighted by Gasteiger charge is 2.16. The summed E-state index contributed by atoms with van der Waals surface area (Å²) in [6, 6.07) is 8.44. The molecule has 0 unspecified atom stereocenters. The van der Waals surface area contributed by atoms with E-state index in [0.29, 0.717) is 31.4 Å². The molecule has 0 aliphatic carbocycles. The molecule has 6 heteroatoms. The van der Waals surface area contributed by atoms with Crippen molar-refractivity contribution in [1.82, 2.24) is 0 Å². The number of benzene rings is 2. The van der Waals surface area contributed by atoms with Crippen LogP contribution in [0.2, 0.25) is 10.0 Å².